The summed E-state index contributed by atoms with van der Waals surface area (Å²) in [5.41, 5.74) is 11.3. The Kier molecular flexibility index (Phi) is 5.60. The molecule has 0 aliphatic heterocycles. The first-order valence-electron chi connectivity index (χ1n) is 6.88. The van der Waals surface area contributed by atoms with Gasteiger partial charge < -0.3 is 16.8 Å². The van der Waals surface area contributed by atoms with Crippen molar-refractivity contribution in [3.05, 3.63) is 58.4 Å². The monoisotopic (exact) mass is 371 g/mol. The average Bonchev–Trinajstić information content (AvgIpc) is 2.54. The number of hydrogen-bond donors (Lipinski definition) is 3. The third-order valence-electron chi connectivity index (χ3n) is 3.07. The van der Waals surface area contributed by atoms with E-state index in [1.165, 1.54) is 0 Å². The minimum Gasteiger partial charge on any atom is -0.383 e. The number of anilines is 1. The molecule has 0 bridgehead atoms. The van der Waals surface area contributed by atoms with Gasteiger partial charge in [0.25, 0.3) is 0 Å². The lowest BCUT2D eigenvalue weighted by atomic mass is 10.1. The molecule has 0 saturated heterocycles. The Labute approximate surface area is 145 Å². The van der Waals surface area contributed by atoms with Crippen LogP contribution < -0.4 is 16.8 Å². The van der Waals surface area contributed by atoms with Crippen LogP contribution in [0.15, 0.2) is 41.5 Å². The highest BCUT2D eigenvalue weighted by Gasteiger charge is 2.32. The summed E-state index contributed by atoms with van der Waals surface area (Å²) in [4.78, 5) is 18.7. The molecular formula is C15H13ClF3N5O. The molecule has 0 atom stereocenters. The molecule has 0 spiro atoms. The van der Waals surface area contributed by atoms with Gasteiger partial charge in [0.15, 0.2) is 0 Å². The molecule has 1 aromatic carbocycles. The molecule has 2 rings (SSSR count). The van der Waals surface area contributed by atoms with Crippen LogP contribution in [0, 0.1) is 0 Å². The van der Waals surface area contributed by atoms with E-state index in [2.05, 4.69) is 15.3 Å². The number of alkyl halides is 3. The number of amidine groups is 1. The van der Waals surface area contributed by atoms with Crippen LogP contribution in [0.25, 0.3) is 0 Å². The summed E-state index contributed by atoms with van der Waals surface area (Å²) in [6, 6.07) is 5.78. The summed E-state index contributed by atoms with van der Waals surface area (Å²) in [6.45, 7) is 0.251. The predicted octanol–water partition coefficient (Wildman–Crippen LogP) is 3.15. The maximum atomic E-state index is 12.4. The van der Waals surface area contributed by atoms with Gasteiger partial charge >= 0.3 is 12.2 Å². The molecule has 0 aliphatic rings. The molecule has 10 heteroatoms. The zero-order valence-electron chi connectivity index (χ0n) is 12.6. The van der Waals surface area contributed by atoms with Gasteiger partial charge in [-0.2, -0.15) is 18.2 Å². The number of nitrogens with zero attached hydrogens (tertiary/aromatic N) is 2. The van der Waals surface area contributed by atoms with Crippen LogP contribution in [0.4, 0.5) is 23.7 Å². The standard InChI is InChI=1S/C15H13ClF3N5O/c16-11-3-1-8(6-20)5-10(11)13(21)24-14(25)23-9-2-4-12(22-7-9)15(17,18)19/h1-5,7H,6,20H2,(H3,21,23,24,25). The van der Waals surface area contributed by atoms with Gasteiger partial charge in [0.05, 0.1) is 16.9 Å². The van der Waals surface area contributed by atoms with Crippen molar-refractivity contribution in [1.82, 2.24) is 4.98 Å². The number of carbonyl (C=O) groups excluding carboxylic acids is 1. The number of aromatic nitrogens is 1. The lowest BCUT2D eigenvalue weighted by molar-refractivity contribution is -0.141. The van der Waals surface area contributed by atoms with E-state index in [1.54, 1.807) is 18.2 Å². The van der Waals surface area contributed by atoms with E-state index in [1.807, 2.05) is 0 Å². The second-order valence-electron chi connectivity index (χ2n) is 4.88. The second-order valence-corrected chi connectivity index (χ2v) is 5.28. The van der Waals surface area contributed by atoms with Crippen LogP contribution in [-0.4, -0.2) is 16.9 Å². The molecular weight excluding hydrogens is 359 g/mol. The van der Waals surface area contributed by atoms with Crippen LogP contribution >= 0.6 is 11.6 Å². The molecule has 0 saturated carbocycles. The average molecular weight is 372 g/mol. The first-order valence-corrected chi connectivity index (χ1v) is 7.25. The number of amides is 2. The molecule has 132 valence electrons. The maximum Gasteiger partial charge on any atom is 0.433 e. The van der Waals surface area contributed by atoms with E-state index in [-0.39, 0.29) is 23.1 Å². The molecule has 0 radical (unpaired) electrons. The van der Waals surface area contributed by atoms with Gasteiger partial charge in [-0.05, 0) is 29.8 Å². The van der Waals surface area contributed by atoms with Gasteiger partial charge in [0.1, 0.15) is 11.5 Å². The number of nitrogens with two attached hydrogens (primary N) is 2. The smallest absolute Gasteiger partial charge is 0.383 e. The molecule has 5 N–H and O–H groups in total. The fraction of sp³-hybridized carbons (Fsp3) is 0.133. The number of nitrogens with one attached hydrogen (secondary N) is 1. The maximum absolute atomic E-state index is 12.4. The fourth-order valence-corrected chi connectivity index (χ4v) is 2.07. The SMILES string of the molecule is NCc1ccc(Cl)c(/C(N)=N/C(=O)Nc2ccc(C(F)(F)F)nc2)c1. The van der Waals surface area contributed by atoms with Crippen LogP contribution in [0.1, 0.15) is 16.8 Å². The lowest BCUT2D eigenvalue weighted by Crippen LogP contribution is -2.19. The third kappa shape index (κ3) is 4.91. The minimum absolute atomic E-state index is 0.0383. The van der Waals surface area contributed by atoms with Gasteiger partial charge in [-0.3, -0.25) is 0 Å². The number of rotatable bonds is 3. The van der Waals surface area contributed by atoms with Crippen LogP contribution in [0.3, 0.4) is 0 Å². The molecule has 2 aromatic rings. The number of benzene rings is 1. The molecule has 1 aromatic heterocycles. The molecule has 0 unspecified atom stereocenters. The van der Waals surface area contributed by atoms with Crippen molar-refractivity contribution in [2.24, 2.45) is 16.5 Å². The normalized spacial score (nSPS) is 12.1. The van der Waals surface area contributed by atoms with E-state index in [0.717, 1.165) is 23.9 Å². The first kappa shape index (κ1) is 18.7. The highest BCUT2D eigenvalue weighted by molar-refractivity contribution is 6.34. The third-order valence-corrected chi connectivity index (χ3v) is 3.40. The Hall–Kier alpha value is -2.65. The van der Waals surface area contributed by atoms with Gasteiger partial charge in [-0.25, -0.2) is 9.78 Å². The summed E-state index contributed by atoms with van der Waals surface area (Å²) in [5.74, 6) is -0.155. The fourth-order valence-electron chi connectivity index (χ4n) is 1.85. The zero-order chi connectivity index (χ0) is 18.6. The Morgan fingerprint density at radius 3 is 2.56 bits per heavy atom. The number of hydrogen-bond acceptors (Lipinski definition) is 3. The van der Waals surface area contributed by atoms with E-state index in [0.29, 0.717) is 5.56 Å². The Bertz CT molecular complexity index is 806. The van der Waals surface area contributed by atoms with E-state index in [9.17, 15) is 18.0 Å². The Morgan fingerprint density at radius 1 is 1.28 bits per heavy atom. The molecule has 6 nitrogen and oxygen atoms in total. The van der Waals surface area contributed by atoms with Crippen molar-refractivity contribution in [3.8, 4) is 0 Å². The highest BCUT2D eigenvalue weighted by atomic mass is 35.5. The summed E-state index contributed by atoms with van der Waals surface area (Å²) >= 11 is 6.00. The summed E-state index contributed by atoms with van der Waals surface area (Å²) in [5, 5.41) is 2.55. The van der Waals surface area contributed by atoms with E-state index >= 15 is 0 Å². The number of urea groups is 1. The van der Waals surface area contributed by atoms with E-state index in [4.69, 9.17) is 23.1 Å². The first-order chi connectivity index (χ1) is 11.7. The van der Waals surface area contributed by atoms with Crippen LogP contribution in [-0.2, 0) is 12.7 Å². The molecule has 0 aliphatic carbocycles. The van der Waals surface area contributed by atoms with Crippen molar-refractivity contribution in [1.29, 1.82) is 0 Å². The topological polar surface area (TPSA) is 106 Å². The quantitative estimate of drug-likeness (QED) is 0.569. The van der Waals surface area contributed by atoms with Crippen LogP contribution in [0.2, 0.25) is 5.02 Å². The van der Waals surface area contributed by atoms with E-state index < -0.39 is 17.9 Å². The van der Waals surface area contributed by atoms with Crippen molar-refractivity contribution >= 4 is 29.2 Å². The van der Waals surface area contributed by atoms with Gasteiger partial charge in [-0.1, -0.05) is 17.7 Å². The minimum atomic E-state index is -4.56. The van der Waals surface area contributed by atoms with Crippen molar-refractivity contribution in [2.45, 2.75) is 12.7 Å². The summed E-state index contributed by atoms with van der Waals surface area (Å²) < 4.78 is 37.3. The zero-order valence-corrected chi connectivity index (χ0v) is 13.4. The molecule has 25 heavy (non-hydrogen) atoms. The lowest BCUT2D eigenvalue weighted by Gasteiger charge is -2.08. The number of carbonyl (C=O) groups is 1. The number of pyridine rings is 1. The predicted molar refractivity (Wildman–Crippen MR) is 88.3 cm³/mol. The number of aliphatic imine (C=N–C) groups is 1. The Balaban J connectivity index is 2.14. The second kappa shape index (κ2) is 7.49. The van der Waals surface area contributed by atoms with Gasteiger partial charge in [0, 0.05) is 12.1 Å². The van der Waals surface area contributed by atoms with Gasteiger partial charge in [0.2, 0.25) is 0 Å². The van der Waals surface area contributed by atoms with Crippen molar-refractivity contribution in [2.75, 3.05) is 5.32 Å². The number of halogens is 4. The summed E-state index contributed by atoms with van der Waals surface area (Å²) in [6.07, 6.45) is -3.69. The molecule has 2 amide bonds. The van der Waals surface area contributed by atoms with Crippen molar-refractivity contribution in [3.63, 3.8) is 0 Å². The van der Waals surface area contributed by atoms with Crippen LogP contribution in [0.5, 0.6) is 0 Å². The highest BCUT2D eigenvalue weighted by Crippen LogP contribution is 2.27. The molecule has 0 fully saturated rings. The Morgan fingerprint density at radius 2 is 2.00 bits per heavy atom. The largest absolute Gasteiger partial charge is 0.433 e. The van der Waals surface area contributed by atoms with Gasteiger partial charge in [-0.15, -0.1) is 0 Å². The molecule has 1 heterocycles. The van der Waals surface area contributed by atoms with Crippen molar-refractivity contribution < 1.29 is 18.0 Å². The summed E-state index contributed by atoms with van der Waals surface area (Å²) in [7, 11) is 0.